The van der Waals surface area contributed by atoms with Gasteiger partial charge in [-0.2, -0.15) is 0 Å². The van der Waals surface area contributed by atoms with Gasteiger partial charge in [0.1, 0.15) is 30.3 Å². The summed E-state index contributed by atoms with van der Waals surface area (Å²) < 4.78 is 11.3. The SMILES string of the molecule is OCCOc1cccc(CN2CCCC(O)(COc3ccccc3)C2)c1. The van der Waals surface area contributed by atoms with Crippen molar-refractivity contribution in [1.29, 1.82) is 0 Å². The van der Waals surface area contributed by atoms with Crippen molar-refractivity contribution in [3.63, 3.8) is 0 Å². The van der Waals surface area contributed by atoms with Crippen LogP contribution in [0.4, 0.5) is 0 Å². The van der Waals surface area contributed by atoms with Crippen LogP contribution in [-0.2, 0) is 6.54 Å². The van der Waals surface area contributed by atoms with Crippen molar-refractivity contribution in [2.45, 2.75) is 25.0 Å². The fourth-order valence-corrected chi connectivity index (χ4v) is 3.35. The number of aliphatic hydroxyl groups excluding tert-OH is 1. The number of β-amino-alcohol motifs (C(OH)–C–C–N with tert-alkyl or cyclic N) is 1. The Morgan fingerprint density at radius 3 is 2.62 bits per heavy atom. The molecule has 2 aromatic carbocycles. The minimum absolute atomic E-state index is 0.00476. The second-order valence-corrected chi connectivity index (χ2v) is 6.86. The topological polar surface area (TPSA) is 62.2 Å². The Kier molecular flexibility index (Phi) is 6.50. The fourth-order valence-electron chi connectivity index (χ4n) is 3.35. The van der Waals surface area contributed by atoms with Gasteiger partial charge in [-0.25, -0.2) is 0 Å². The van der Waals surface area contributed by atoms with Gasteiger partial charge < -0.3 is 19.7 Å². The van der Waals surface area contributed by atoms with Gasteiger partial charge in [-0.3, -0.25) is 4.90 Å². The first-order chi connectivity index (χ1) is 12.7. The van der Waals surface area contributed by atoms with E-state index >= 15 is 0 Å². The van der Waals surface area contributed by atoms with E-state index in [0.29, 0.717) is 19.8 Å². The largest absolute Gasteiger partial charge is 0.491 e. The van der Waals surface area contributed by atoms with Crippen LogP contribution in [0.15, 0.2) is 54.6 Å². The molecule has 140 valence electrons. The third-order valence-corrected chi connectivity index (χ3v) is 4.55. The van der Waals surface area contributed by atoms with E-state index in [2.05, 4.69) is 11.0 Å². The lowest BCUT2D eigenvalue weighted by molar-refractivity contribution is -0.0621. The molecule has 1 fully saturated rings. The van der Waals surface area contributed by atoms with Gasteiger partial charge in [0.2, 0.25) is 0 Å². The summed E-state index contributed by atoms with van der Waals surface area (Å²) in [6.45, 7) is 2.89. The molecule has 1 unspecified atom stereocenters. The second kappa shape index (κ2) is 9.03. The molecule has 0 saturated carbocycles. The van der Waals surface area contributed by atoms with E-state index in [1.165, 1.54) is 0 Å². The molecule has 1 aliphatic heterocycles. The van der Waals surface area contributed by atoms with E-state index in [1.807, 2.05) is 48.5 Å². The van der Waals surface area contributed by atoms with Gasteiger partial charge in [0.05, 0.1) is 6.61 Å². The van der Waals surface area contributed by atoms with Crippen LogP contribution in [0.3, 0.4) is 0 Å². The Labute approximate surface area is 154 Å². The maximum absolute atomic E-state index is 10.9. The van der Waals surface area contributed by atoms with Crippen LogP contribution in [0.25, 0.3) is 0 Å². The highest BCUT2D eigenvalue weighted by molar-refractivity contribution is 5.28. The number of ether oxygens (including phenoxy) is 2. The number of aliphatic hydroxyl groups is 2. The molecule has 0 amide bonds. The van der Waals surface area contributed by atoms with E-state index in [0.717, 1.165) is 43.0 Å². The van der Waals surface area contributed by atoms with Gasteiger partial charge in [0, 0.05) is 13.1 Å². The fraction of sp³-hybridized carbons (Fsp3) is 0.429. The number of piperidine rings is 1. The van der Waals surface area contributed by atoms with Crippen LogP contribution >= 0.6 is 0 Å². The number of nitrogens with zero attached hydrogens (tertiary/aromatic N) is 1. The van der Waals surface area contributed by atoms with Crippen molar-refractivity contribution in [2.24, 2.45) is 0 Å². The summed E-state index contributed by atoms with van der Waals surface area (Å²) in [5.74, 6) is 1.54. The van der Waals surface area contributed by atoms with Crippen LogP contribution in [0.1, 0.15) is 18.4 Å². The highest BCUT2D eigenvalue weighted by atomic mass is 16.5. The standard InChI is InChI=1S/C21H27NO4/c23-12-13-25-20-9-4-6-18(14-20)15-22-11-5-10-21(24,16-22)17-26-19-7-2-1-3-8-19/h1-4,6-9,14,23-24H,5,10-13,15-17H2. The van der Waals surface area contributed by atoms with E-state index in [9.17, 15) is 5.11 Å². The monoisotopic (exact) mass is 357 g/mol. The Morgan fingerprint density at radius 1 is 1.00 bits per heavy atom. The first-order valence-corrected chi connectivity index (χ1v) is 9.12. The molecule has 1 atom stereocenters. The van der Waals surface area contributed by atoms with Crippen LogP contribution < -0.4 is 9.47 Å². The van der Waals surface area contributed by atoms with Gasteiger partial charge in [0.15, 0.2) is 0 Å². The van der Waals surface area contributed by atoms with Crippen LogP contribution in [0, 0.1) is 0 Å². The number of rotatable bonds is 8. The number of benzene rings is 2. The molecule has 0 spiro atoms. The van der Waals surface area contributed by atoms with Crippen LogP contribution in [-0.4, -0.2) is 53.6 Å². The molecule has 1 heterocycles. The molecule has 0 radical (unpaired) electrons. The van der Waals surface area contributed by atoms with Gasteiger partial charge in [0.25, 0.3) is 0 Å². The average molecular weight is 357 g/mol. The molecular formula is C21H27NO4. The first-order valence-electron chi connectivity index (χ1n) is 9.12. The lowest BCUT2D eigenvalue weighted by Crippen LogP contribution is -2.51. The molecule has 5 heteroatoms. The minimum atomic E-state index is -0.834. The van der Waals surface area contributed by atoms with E-state index in [-0.39, 0.29) is 6.61 Å². The van der Waals surface area contributed by atoms with E-state index in [4.69, 9.17) is 14.6 Å². The number of likely N-dealkylation sites (tertiary alicyclic amines) is 1. The summed E-state index contributed by atoms with van der Waals surface area (Å²) in [5, 5.41) is 19.8. The van der Waals surface area contributed by atoms with Crippen molar-refractivity contribution in [1.82, 2.24) is 4.90 Å². The maximum atomic E-state index is 10.9. The summed E-state index contributed by atoms with van der Waals surface area (Å²) in [7, 11) is 0. The Hall–Kier alpha value is -2.08. The number of para-hydroxylation sites is 1. The van der Waals surface area contributed by atoms with Crippen molar-refractivity contribution in [3.8, 4) is 11.5 Å². The number of hydrogen-bond donors (Lipinski definition) is 2. The Bertz CT molecular complexity index is 679. The summed E-state index contributed by atoms with van der Waals surface area (Å²) in [4.78, 5) is 2.25. The Balaban J connectivity index is 1.56. The van der Waals surface area contributed by atoms with Crippen molar-refractivity contribution < 1.29 is 19.7 Å². The normalized spacial score (nSPS) is 20.7. The van der Waals surface area contributed by atoms with Gasteiger partial charge in [-0.1, -0.05) is 30.3 Å². The molecule has 2 N–H and O–H groups in total. The van der Waals surface area contributed by atoms with Crippen LogP contribution in [0.5, 0.6) is 11.5 Å². The molecule has 0 aliphatic carbocycles. The minimum Gasteiger partial charge on any atom is -0.491 e. The predicted octanol–water partition coefficient (Wildman–Crippen LogP) is 2.46. The molecule has 2 aromatic rings. The molecule has 1 aliphatic rings. The third-order valence-electron chi connectivity index (χ3n) is 4.55. The zero-order chi connectivity index (χ0) is 18.2. The van der Waals surface area contributed by atoms with Gasteiger partial charge in [-0.15, -0.1) is 0 Å². The average Bonchev–Trinajstić information content (AvgIpc) is 2.66. The molecule has 1 saturated heterocycles. The van der Waals surface area contributed by atoms with Crippen molar-refractivity contribution >= 4 is 0 Å². The molecule has 0 aromatic heterocycles. The molecule has 26 heavy (non-hydrogen) atoms. The second-order valence-electron chi connectivity index (χ2n) is 6.86. The van der Waals surface area contributed by atoms with E-state index in [1.54, 1.807) is 0 Å². The van der Waals surface area contributed by atoms with Crippen molar-refractivity contribution in [3.05, 3.63) is 60.2 Å². The first kappa shape index (κ1) is 18.7. The summed E-state index contributed by atoms with van der Waals surface area (Å²) in [6, 6.07) is 17.5. The zero-order valence-electron chi connectivity index (χ0n) is 15.0. The van der Waals surface area contributed by atoms with Gasteiger partial charge >= 0.3 is 0 Å². The maximum Gasteiger partial charge on any atom is 0.119 e. The Morgan fingerprint density at radius 2 is 1.81 bits per heavy atom. The van der Waals surface area contributed by atoms with Gasteiger partial charge in [-0.05, 0) is 49.2 Å². The predicted molar refractivity (Wildman–Crippen MR) is 100 cm³/mol. The summed E-state index contributed by atoms with van der Waals surface area (Å²) >= 11 is 0. The smallest absolute Gasteiger partial charge is 0.119 e. The summed E-state index contributed by atoms with van der Waals surface area (Å²) in [5.41, 5.74) is 0.299. The highest BCUT2D eigenvalue weighted by Crippen LogP contribution is 2.25. The molecule has 0 bridgehead atoms. The lowest BCUT2D eigenvalue weighted by Gasteiger charge is -2.39. The van der Waals surface area contributed by atoms with E-state index < -0.39 is 5.60 Å². The lowest BCUT2D eigenvalue weighted by atomic mass is 9.93. The highest BCUT2D eigenvalue weighted by Gasteiger charge is 2.34. The third kappa shape index (κ3) is 5.46. The molecule has 3 rings (SSSR count). The quantitative estimate of drug-likeness (QED) is 0.760. The zero-order valence-corrected chi connectivity index (χ0v) is 15.0. The summed E-state index contributed by atoms with van der Waals surface area (Å²) in [6.07, 6.45) is 1.69. The van der Waals surface area contributed by atoms with Crippen molar-refractivity contribution in [2.75, 3.05) is 32.9 Å². The number of hydrogen-bond acceptors (Lipinski definition) is 5. The molecule has 5 nitrogen and oxygen atoms in total. The van der Waals surface area contributed by atoms with Crippen LogP contribution in [0.2, 0.25) is 0 Å². The molecular weight excluding hydrogens is 330 g/mol.